The number of primary amides is 1. The highest BCUT2D eigenvalue weighted by atomic mass is 16.3. The normalized spacial score (nSPS) is 12.1. The standard InChI is InChI=1S/C10H11NO2/c1-3-8(7(2)10(11)12)9-5-4-6-13-9/h3-6H,1H2,2H3,(H2,11,12)/b8-7+. The third kappa shape index (κ3) is 1.87. The van der Waals surface area contributed by atoms with Crippen LogP contribution in [0.1, 0.15) is 12.7 Å². The van der Waals surface area contributed by atoms with Crippen molar-refractivity contribution in [2.24, 2.45) is 5.73 Å². The van der Waals surface area contributed by atoms with E-state index in [0.717, 1.165) is 0 Å². The van der Waals surface area contributed by atoms with Gasteiger partial charge in [0.2, 0.25) is 5.91 Å². The zero-order valence-electron chi connectivity index (χ0n) is 7.41. The van der Waals surface area contributed by atoms with Gasteiger partial charge >= 0.3 is 0 Å². The van der Waals surface area contributed by atoms with Gasteiger partial charge in [0.05, 0.1) is 6.26 Å². The van der Waals surface area contributed by atoms with Crippen molar-refractivity contribution < 1.29 is 9.21 Å². The van der Waals surface area contributed by atoms with Gasteiger partial charge in [0, 0.05) is 11.1 Å². The summed E-state index contributed by atoms with van der Waals surface area (Å²) in [7, 11) is 0. The quantitative estimate of drug-likeness (QED) is 0.564. The zero-order valence-corrected chi connectivity index (χ0v) is 7.41. The maximum absolute atomic E-state index is 10.9. The smallest absolute Gasteiger partial charge is 0.245 e. The number of hydrogen-bond donors (Lipinski definition) is 1. The summed E-state index contributed by atoms with van der Waals surface area (Å²) < 4.78 is 5.12. The molecule has 1 amide bonds. The predicted octanol–water partition coefficient (Wildman–Crippen LogP) is 1.72. The molecule has 0 fully saturated rings. The van der Waals surface area contributed by atoms with Crippen molar-refractivity contribution in [2.45, 2.75) is 6.92 Å². The molecule has 0 atom stereocenters. The van der Waals surface area contributed by atoms with Crippen LogP contribution in [0.15, 0.2) is 41.0 Å². The van der Waals surface area contributed by atoms with Crippen molar-refractivity contribution in [3.63, 3.8) is 0 Å². The second-order valence-corrected chi connectivity index (χ2v) is 2.58. The van der Waals surface area contributed by atoms with E-state index in [9.17, 15) is 4.79 Å². The van der Waals surface area contributed by atoms with Gasteiger partial charge in [-0.05, 0) is 19.1 Å². The highest BCUT2D eigenvalue weighted by molar-refractivity contribution is 6.00. The number of carbonyl (C=O) groups is 1. The SMILES string of the molecule is C=C/C(=C(/C)C(N)=O)c1ccco1. The second-order valence-electron chi connectivity index (χ2n) is 2.58. The Morgan fingerprint density at radius 3 is 2.77 bits per heavy atom. The first-order valence-corrected chi connectivity index (χ1v) is 3.83. The predicted molar refractivity (Wildman–Crippen MR) is 50.7 cm³/mol. The average Bonchev–Trinajstić information content (AvgIpc) is 2.58. The van der Waals surface area contributed by atoms with E-state index < -0.39 is 5.91 Å². The molecule has 0 aliphatic rings. The molecule has 0 bridgehead atoms. The molecule has 0 aliphatic carbocycles. The van der Waals surface area contributed by atoms with Crippen molar-refractivity contribution in [3.05, 3.63) is 42.4 Å². The minimum Gasteiger partial charge on any atom is -0.464 e. The monoisotopic (exact) mass is 177 g/mol. The van der Waals surface area contributed by atoms with Crippen LogP contribution in [0.3, 0.4) is 0 Å². The molecule has 3 nitrogen and oxygen atoms in total. The maximum atomic E-state index is 10.9. The lowest BCUT2D eigenvalue weighted by Crippen LogP contribution is -2.12. The summed E-state index contributed by atoms with van der Waals surface area (Å²) >= 11 is 0. The van der Waals surface area contributed by atoms with Crippen LogP contribution in [0.2, 0.25) is 0 Å². The molecule has 0 saturated carbocycles. The van der Waals surface area contributed by atoms with Crippen molar-refractivity contribution in [2.75, 3.05) is 0 Å². The van der Waals surface area contributed by atoms with E-state index in [4.69, 9.17) is 10.2 Å². The average molecular weight is 177 g/mol. The number of allylic oxidation sites excluding steroid dienone is 2. The number of hydrogen-bond acceptors (Lipinski definition) is 2. The van der Waals surface area contributed by atoms with Crippen LogP contribution in [0.4, 0.5) is 0 Å². The molecule has 0 aromatic carbocycles. The number of rotatable bonds is 3. The lowest BCUT2D eigenvalue weighted by molar-refractivity contribution is -0.114. The van der Waals surface area contributed by atoms with Crippen molar-refractivity contribution in [1.29, 1.82) is 0 Å². The van der Waals surface area contributed by atoms with E-state index in [1.54, 1.807) is 25.1 Å². The minimum absolute atomic E-state index is 0.449. The van der Waals surface area contributed by atoms with E-state index in [1.165, 1.54) is 6.26 Å². The lowest BCUT2D eigenvalue weighted by atomic mass is 10.1. The van der Waals surface area contributed by atoms with Gasteiger partial charge in [-0.2, -0.15) is 0 Å². The van der Waals surface area contributed by atoms with Crippen LogP contribution in [0.25, 0.3) is 5.57 Å². The summed E-state index contributed by atoms with van der Waals surface area (Å²) in [6, 6.07) is 3.50. The van der Waals surface area contributed by atoms with E-state index in [-0.39, 0.29) is 0 Å². The molecule has 68 valence electrons. The van der Waals surface area contributed by atoms with Crippen LogP contribution < -0.4 is 5.73 Å². The van der Waals surface area contributed by atoms with Gasteiger partial charge in [-0.3, -0.25) is 4.79 Å². The van der Waals surface area contributed by atoms with Crippen LogP contribution in [-0.2, 0) is 4.79 Å². The van der Waals surface area contributed by atoms with Gasteiger partial charge in [0.25, 0.3) is 0 Å². The summed E-state index contributed by atoms with van der Waals surface area (Å²) in [6.45, 7) is 5.24. The topological polar surface area (TPSA) is 56.2 Å². The first-order chi connectivity index (χ1) is 6.16. The summed E-state index contributed by atoms with van der Waals surface area (Å²) in [5, 5.41) is 0. The Balaban J connectivity index is 3.19. The lowest BCUT2D eigenvalue weighted by Gasteiger charge is -2.00. The summed E-state index contributed by atoms with van der Waals surface area (Å²) in [5.74, 6) is 0.137. The van der Waals surface area contributed by atoms with E-state index in [2.05, 4.69) is 6.58 Å². The fourth-order valence-electron chi connectivity index (χ4n) is 1.00. The Bertz CT molecular complexity index is 347. The number of nitrogens with two attached hydrogens (primary N) is 1. The number of carbonyl (C=O) groups excluding carboxylic acids is 1. The Morgan fingerprint density at radius 2 is 2.38 bits per heavy atom. The molecule has 1 aromatic heterocycles. The molecule has 1 rings (SSSR count). The maximum Gasteiger partial charge on any atom is 0.245 e. The van der Waals surface area contributed by atoms with Crippen LogP contribution in [0.5, 0.6) is 0 Å². The summed E-state index contributed by atoms with van der Waals surface area (Å²) in [6.07, 6.45) is 3.09. The van der Waals surface area contributed by atoms with Crippen LogP contribution in [-0.4, -0.2) is 5.91 Å². The van der Waals surface area contributed by atoms with Gasteiger partial charge in [-0.1, -0.05) is 12.7 Å². The van der Waals surface area contributed by atoms with Crippen molar-refractivity contribution in [1.82, 2.24) is 0 Å². The molecule has 3 heteroatoms. The van der Waals surface area contributed by atoms with Crippen molar-refractivity contribution >= 4 is 11.5 Å². The number of furan rings is 1. The molecular formula is C10H11NO2. The molecule has 13 heavy (non-hydrogen) atoms. The van der Waals surface area contributed by atoms with E-state index in [1.807, 2.05) is 0 Å². The molecule has 1 aromatic rings. The van der Waals surface area contributed by atoms with Crippen molar-refractivity contribution in [3.8, 4) is 0 Å². The van der Waals surface area contributed by atoms with E-state index in [0.29, 0.717) is 16.9 Å². The third-order valence-electron chi connectivity index (χ3n) is 1.76. The van der Waals surface area contributed by atoms with E-state index >= 15 is 0 Å². The summed E-state index contributed by atoms with van der Waals surface area (Å²) in [4.78, 5) is 10.9. The Labute approximate surface area is 76.5 Å². The molecule has 0 radical (unpaired) electrons. The molecule has 0 aliphatic heterocycles. The highest BCUT2D eigenvalue weighted by Gasteiger charge is 2.08. The fourth-order valence-corrected chi connectivity index (χ4v) is 1.00. The molecule has 0 spiro atoms. The van der Waals surface area contributed by atoms with Gasteiger partial charge < -0.3 is 10.2 Å². The second kappa shape index (κ2) is 3.76. The van der Waals surface area contributed by atoms with Crippen LogP contribution in [0, 0.1) is 0 Å². The zero-order chi connectivity index (χ0) is 9.84. The third-order valence-corrected chi connectivity index (χ3v) is 1.76. The Hall–Kier alpha value is -1.77. The molecule has 0 saturated heterocycles. The Morgan fingerprint density at radius 1 is 1.69 bits per heavy atom. The molecule has 0 unspecified atom stereocenters. The molecule has 2 N–H and O–H groups in total. The number of amides is 1. The van der Waals surface area contributed by atoms with Gasteiger partial charge in [0.1, 0.15) is 5.76 Å². The molecule has 1 heterocycles. The Kier molecular flexibility index (Phi) is 2.69. The largest absolute Gasteiger partial charge is 0.464 e. The highest BCUT2D eigenvalue weighted by Crippen LogP contribution is 2.19. The summed E-state index contributed by atoms with van der Waals surface area (Å²) in [5.41, 5.74) is 6.22. The fraction of sp³-hybridized carbons (Fsp3) is 0.100. The van der Waals surface area contributed by atoms with Gasteiger partial charge in [-0.15, -0.1) is 0 Å². The van der Waals surface area contributed by atoms with Gasteiger partial charge in [0.15, 0.2) is 0 Å². The first kappa shape index (κ1) is 9.32. The minimum atomic E-state index is -0.466. The van der Waals surface area contributed by atoms with Gasteiger partial charge in [-0.25, -0.2) is 0 Å². The first-order valence-electron chi connectivity index (χ1n) is 3.83. The molecular weight excluding hydrogens is 166 g/mol. The van der Waals surface area contributed by atoms with Crippen LogP contribution >= 0.6 is 0 Å².